The fraction of sp³-hybridized carbons (Fsp3) is 0.375. The number of nitrogens with zero attached hydrogens (tertiary/aromatic N) is 4. The second kappa shape index (κ2) is 4.69. The van der Waals surface area contributed by atoms with E-state index in [1.54, 1.807) is 11.3 Å². The molecule has 5 nitrogen and oxygen atoms in total. The van der Waals surface area contributed by atoms with E-state index in [0.717, 1.165) is 39.5 Å². The molecule has 1 unspecified atom stereocenters. The molecular weight excluding hydrogens is 330 g/mol. The molecule has 0 radical (unpaired) electrons. The van der Waals surface area contributed by atoms with Crippen LogP contribution in [0.3, 0.4) is 0 Å². The molecule has 1 aliphatic carbocycles. The Hall–Kier alpha value is -1.63. The van der Waals surface area contributed by atoms with Crippen LogP contribution in [0.15, 0.2) is 30.5 Å². The van der Waals surface area contributed by atoms with Crippen molar-refractivity contribution in [3.63, 3.8) is 0 Å². The number of hydrogen-bond acceptors (Lipinski definition) is 5. The maximum atomic E-state index is 6.29. The van der Waals surface area contributed by atoms with Crippen LogP contribution in [-0.2, 0) is 0 Å². The minimum Gasteiger partial charge on any atom is -0.344 e. The highest BCUT2D eigenvalue weighted by atomic mass is 35.5. The largest absolute Gasteiger partial charge is 0.344 e. The Morgan fingerprint density at radius 1 is 1.26 bits per heavy atom. The fourth-order valence-corrected chi connectivity index (χ4v) is 4.42. The van der Waals surface area contributed by atoms with Crippen LogP contribution in [0.5, 0.6) is 0 Å². The summed E-state index contributed by atoms with van der Waals surface area (Å²) in [6.45, 7) is 1.94. The summed E-state index contributed by atoms with van der Waals surface area (Å²) in [7, 11) is 0. The van der Waals surface area contributed by atoms with Crippen molar-refractivity contribution in [1.29, 1.82) is 0 Å². The van der Waals surface area contributed by atoms with Gasteiger partial charge in [0.05, 0.1) is 11.9 Å². The standard InChI is InChI=1S/C16H16ClN5S/c17-11-3-1-10(2-4-11)12-7-22-14(19-12)23-15(20-22)21-8-13(18)16(9-21)5-6-16/h1-4,7,13H,5-6,8-9,18H2. The molecule has 7 heteroatoms. The van der Waals surface area contributed by atoms with E-state index in [2.05, 4.69) is 4.90 Å². The molecule has 1 spiro atoms. The molecule has 23 heavy (non-hydrogen) atoms. The quantitative estimate of drug-likeness (QED) is 0.775. The highest BCUT2D eigenvalue weighted by Gasteiger charge is 2.54. The van der Waals surface area contributed by atoms with Gasteiger partial charge in [0.2, 0.25) is 10.1 Å². The van der Waals surface area contributed by atoms with Gasteiger partial charge in [-0.3, -0.25) is 0 Å². The predicted octanol–water partition coefficient (Wildman–Crippen LogP) is 3.04. The van der Waals surface area contributed by atoms with Crippen molar-refractivity contribution in [3.05, 3.63) is 35.5 Å². The van der Waals surface area contributed by atoms with Gasteiger partial charge in [-0.1, -0.05) is 35.1 Å². The van der Waals surface area contributed by atoms with Crippen molar-refractivity contribution in [3.8, 4) is 11.3 Å². The van der Waals surface area contributed by atoms with Crippen LogP contribution in [0.2, 0.25) is 5.02 Å². The SMILES string of the molecule is NC1CN(c2nn3cc(-c4ccc(Cl)cc4)nc3s2)CC12CC2. The number of hydrogen-bond donors (Lipinski definition) is 1. The monoisotopic (exact) mass is 345 g/mol. The lowest BCUT2D eigenvalue weighted by Gasteiger charge is -2.12. The molecule has 2 fully saturated rings. The lowest BCUT2D eigenvalue weighted by atomic mass is 10.0. The molecule has 3 heterocycles. The summed E-state index contributed by atoms with van der Waals surface area (Å²) in [5, 5.41) is 6.46. The third kappa shape index (κ3) is 2.16. The number of rotatable bonds is 2. The average Bonchev–Trinajstić information content (AvgIpc) is 2.87. The average molecular weight is 346 g/mol. The van der Waals surface area contributed by atoms with Crippen LogP contribution in [0, 0.1) is 5.41 Å². The molecule has 1 aromatic carbocycles. The lowest BCUT2D eigenvalue weighted by Crippen LogP contribution is -2.30. The second-order valence-corrected chi connectivity index (χ2v) is 7.97. The van der Waals surface area contributed by atoms with Gasteiger partial charge in [0.1, 0.15) is 0 Å². The van der Waals surface area contributed by atoms with Crippen molar-refractivity contribution < 1.29 is 0 Å². The Bertz CT molecular complexity index is 848. The molecule has 0 amide bonds. The first-order valence-electron chi connectivity index (χ1n) is 7.76. The Balaban J connectivity index is 1.45. The minimum atomic E-state index is 0.281. The zero-order chi connectivity index (χ0) is 15.6. The lowest BCUT2D eigenvalue weighted by molar-refractivity contribution is 0.500. The molecule has 1 saturated carbocycles. The maximum absolute atomic E-state index is 6.29. The van der Waals surface area contributed by atoms with Gasteiger partial charge in [-0.05, 0) is 25.0 Å². The van der Waals surface area contributed by atoms with Crippen molar-refractivity contribution in [2.24, 2.45) is 11.1 Å². The Morgan fingerprint density at radius 2 is 2.04 bits per heavy atom. The van der Waals surface area contributed by atoms with Gasteiger partial charge < -0.3 is 10.6 Å². The van der Waals surface area contributed by atoms with Crippen LogP contribution in [0.1, 0.15) is 12.8 Å². The van der Waals surface area contributed by atoms with Gasteiger partial charge in [0, 0.05) is 35.1 Å². The molecule has 118 valence electrons. The van der Waals surface area contributed by atoms with E-state index >= 15 is 0 Å². The normalized spacial score (nSPS) is 22.3. The smallest absolute Gasteiger partial charge is 0.214 e. The van der Waals surface area contributed by atoms with E-state index in [-0.39, 0.29) is 6.04 Å². The molecule has 5 rings (SSSR count). The van der Waals surface area contributed by atoms with Gasteiger partial charge in [-0.25, -0.2) is 9.50 Å². The van der Waals surface area contributed by atoms with E-state index in [0.29, 0.717) is 5.41 Å². The van der Waals surface area contributed by atoms with Crippen molar-refractivity contribution >= 4 is 33.0 Å². The summed E-state index contributed by atoms with van der Waals surface area (Å²) in [4.78, 5) is 7.92. The molecule has 1 saturated heterocycles. The molecule has 2 N–H and O–H groups in total. The van der Waals surface area contributed by atoms with Crippen LogP contribution < -0.4 is 10.6 Å². The van der Waals surface area contributed by atoms with E-state index in [1.165, 1.54) is 12.8 Å². The Morgan fingerprint density at radius 3 is 2.70 bits per heavy atom. The summed E-state index contributed by atoms with van der Waals surface area (Å²) in [5.41, 5.74) is 8.62. The third-order valence-electron chi connectivity index (χ3n) is 5.04. The molecule has 0 bridgehead atoms. The molecule has 1 atom stereocenters. The van der Waals surface area contributed by atoms with Crippen molar-refractivity contribution in [2.75, 3.05) is 18.0 Å². The highest BCUT2D eigenvalue weighted by Crippen LogP contribution is 2.52. The predicted molar refractivity (Wildman–Crippen MR) is 93.2 cm³/mol. The van der Waals surface area contributed by atoms with Crippen LogP contribution in [0.4, 0.5) is 5.13 Å². The van der Waals surface area contributed by atoms with Gasteiger partial charge in [-0.15, -0.1) is 5.10 Å². The van der Waals surface area contributed by atoms with Crippen molar-refractivity contribution in [2.45, 2.75) is 18.9 Å². The van der Waals surface area contributed by atoms with Crippen LogP contribution in [0.25, 0.3) is 16.2 Å². The summed E-state index contributed by atoms with van der Waals surface area (Å²) < 4.78 is 1.87. The second-order valence-electron chi connectivity index (χ2n) is 6.59. The summed E-state index contributed by atoms with van der Waals surface area (Å²) in [5.74, 6) is 0. The number of aromatic nitrogens is 3. The fourth-order valence-electron chi connectivity index (χ4n) is 3.41. The van der Waals surface area contributed by atoms with E-state index in [1.807, 2.05) is 35.0 Å². The molecule has 2 aromatic heterocycles. The maximum Gasteiger partial charge on any atom is 0.214 e. The number of imidazole rings is 1. The number of nitrogens with two attached hydrogens (primary N) is 1. The van der Waals surface area contributed by atoms with Gasteiger partial charge in [-0.2, -0.15) is 0 Å². The molecule has 2 aliphatic rings. The zero-order valence-corrected chi connectivity index (χ0v) is 14.0. The number of benzene rings is 1. The third-order valence-corrected chi connectivity index (χ3v) is 6.28. The topological polar surface area (TPSA) is 59.5 Å². The molecule has 1 aliphatic heterocycles. The number of fused-ring (bicyclic) bond motifs is 1. The Kier molecular flexibility index (Phi) is 2.81. The molecule has 3 aromatic rings. The number of halogens is 1. The van der Waals surface area contributed by atoms with Crippen molar-refractivity contribution in [1.82, 2.24) is 14.6 Å². The molecular formula is C16H16ClN5S. The van der Waals surface area contributed by atoms with Crippen LogP contribution >= 0.6 is 22.9 Å². The first kappa shape index (κ1) is 13.8. The summed E-state index contributed by atoms with van der Waals surface area (Å²) >= 11 is 7.57. The van der Waals surface area contributed by atoms with E-state index in [4.69, 9.17) is 27.4 Å². The number of anilines is 1. The summed E-state index contributed by atoms with van der Waals surface area (Å²) in [6.07, 6.45) is 4.49. The minimum absolute atomic E-state index is 0.281. The first-order chi connectivity index (χ1) is 11.1. The van der Waals surface area contributed by atoms with E-state index in [9.17, 15) is 0 Å². The van der Waals surface area contributed by atoms with Gasteiger partial charge >= 0.3 is 0 Å². The highest BCUT2D eigenvalue weighted by molar-refractivity contribution is 7.20. The first-order valence-corrected chi connectivity index (χ1v) is 8.95. The van der Waals surface area contributed by atoms with Gasteiger partial charge in [0.25, 0.3) is 0 Å². The van der Waals surface area contributed by atoms with Crippen LogP contribution in [-0.4, -0.2) is 33.7 Å². The Labute approximate surface area is 142 Å². The summed E-state index contributed by atoms with van der Waals surface area (Å²) in [6, 6.07) is 7.99. The van der Waals surface area contributed by atoms with E-state index < -0.39 is 0 Å². The zero-order valence-electron chi connectivity index (χ0n) is 12.4. The van der Waals surface area contributed by atoms with Gasteiger partial charge in [0.15, 0.2) is 0 Å².